The molecule has 0 radical (unpaired) electrons. The van der Waals surface area contributed by atoms with Gasteiger partial charge in [0.1, 0.15) is 11.6 Å². The number of hydrogen-bond donors (Lipinski definition) is 2. The zero-order chi connectivity index (χ0) is 11.6. The molecule has 5 nitrogen and oxygen atoms in total. The van der Waals surface area contributed by atoms with Gasteiger partial charge in [-0.2, -0.15) is 0 Å². The Morgan fingerprint density at radius 1 is 1.47 bits per heavy atom. The first-order valence-electron chi connectivity index (χ1n) is 3.54. The number of nitrogen functional groups attached to an aromatic ring is 1. The number of nitrogens with two attached hydrogens (primary N) is 1. The van der Waals surface area contributed by atoms with E-state index in [1.165, 1.54) is 0 Å². The molecule has 3 N–H and O–H groups in total. The van der Waals surface area contributed by atoms with Crippen LogP contribution in [0.25, 0.3) is 0 Å². The summed E-state index contributed by atoms with van der Waals surface area (Å²) in [6.07, 6.45) is -4.90. The lowest BCUT2D eigenvalue weighted by Crippen LogP contribution is -2.18. The molecule has 0 fully saturated rings. The van der Waals surface area contributed by atoms with Gasteiger partial charge in [-0.05, 0) is 0 Å². The van der Waals surface area contributed by atoms with Gasteiger partial charge in [-0.3, -0.25) is 0 Å². The summed E-state index contributed by atoms with van der Waals surface area (Å²) in [5.74, 6) is -2.57. The number of anilines is 1. The van der Waals surface area contributed by atoms with Gasteiger partial charge in [0.25, 0.3) is 0 Å². The molecule has 1 heterocycles. The monoisotopic (exact) mass is 222 g/mol. The smallest absolute Gasteiger partial charge is 0.477 e. The average Bonchev–Trinajstić information content (AvgIpc) is 1.99. The minimum Gasteiger partial charge on any atom is -0.477 e. The van der Waals surface area contributed by atoms with E-state index in [-0.39, 0.29) is 5.82 Å². The molecule has 0 saturated carbocycles. The standard InChI is InChI=1S/C7H5F3N2O3/c8-7(9,10)15-3-1-4(6(13)14)12-5(11)2-3/h1-2H,(H2,11,12)(H,13,14). The quantitative estimate of drug-likeness (QED) is 0.786. The van der Waals surface area contributed by atoms with Gasteiger partial charge in [-0.25, -0.2) is 9.78 Å². The molecule has 0 amide bonds. The molecule has 0 spiro atoms. The molecular weight excluding hydrogens is 217 g/mol. The number of ether oxygens (including phenoxy) is 1. The van der Waals surface area contributed by atoms with Crippen LogP contribution in [-0.4, -0.2) is 22.4 Å². The van der Waals surface area contributed by atoms with Crippen LogP contribution in [-0.2, 0) is 0 Å². The molecule has 0 unspecified atom stereocenters. The van der Waals surface area contributed by atoms with Gasteiger partial charge in [0, 0.05) is 12.1 Å². The van der Waals surface area contributed by atoms with Crippen LogP contribution < -0.4 is 10.5 Å². The predicted molar refractivity (Wildman–Crippen MR) is 42.3 cm³/mol. The number of carboxylic acid groups (broad SMARTS) is 1. The Morgan fingerprint density at radius 3 is 2.53 bits per heavy atom. The minimum atomic E-state index is -4.90. The van der Waals surface area contributed by atoms with Crippen LogP contribution in [0.1, 0.15) is 10.5 Å². The number of carbonyl (C=O) groups is 1. The second-order valence-electron chi connectivity index (χ2n) is 2.47. The summed E-state index contributed by atoms with van der Waals surface area (Å²) in [7, 11) is 0. The number of hydrogen-bond acceptors (Lipinski definition) is 4. The molecular formula is C7H5F3N2O3. The summed E-state index contributed by atoms with van der Waals surface area (Å²) in [5, 5.41) is 8.48. The lowest BCUT2D eigenvalue weighted by molar-refractivity contribution is -0.274. The highest BCUT2D eigenvalue weighted by molar-refractivity contribution is 5.86. The SMILES string of the molecule is Nc1cc(OC(F)(F)F)cc(C(=O)O)n1. The Labute approximate surface area is 81.3 Å². The summed E-state index contributed by atoms with van der Waals surface area (Å²) in [4.78, 5) is 13.7. The van der Waals surface area contributed by atoms with Crippen LogP contribution in [0, 0.1) is 0 Å². The molecule has 0 bridgehead atoms. The van der Waals surface area contributed by atoms with Crippen molar-refractivity contribution < 1.29 is 27.8 Å². The second-order valence-corrected chi connectivity index (χ2v) is 2.47. The van der Waals surface area contributed by atoms with Crippen LogP contribution in [0.5, 0.6) is 5.75 Å². The first kappa shape index (κ1) is 11.1. The van der Waals surface area contributed by atoms with Gasteiger partial charge in [-0.15, -0.1) is 13.2 Å². The Balaban J connectivity index is 3.04. The molecule has 0 atom stereocenters. The van der Waals surface area contributed by atoms with Crippen LogP contribution in [0.3, 0.4) is 0 Å². The molecule has 82 valence electrons. The van der Waals surface area contributed by atoms with Crippen LogP contribution in [0.2, 0.25) is 0 Å². The van der Waals surface area contributed by atoms with Crippen molar-refractivity contribution in [2.24, 2.45) is 0 Å². The first-order chi connectivity index (χ1) is 6.78. The molecule has 1 aromatic rings. The van der Waals surface area contributed by atoms with Gasteiger partial charge in [0.15, 0.2) is 5.69 Å². The van der Waals surface area contributed by atoms with E-state index in [2.05, 4.69) is 9.72 Å². The second kappa shape index (κ2) is 3.64. The maximum absolute atomic E-state index is 11.8. The fourth-order valence-corrected chi connectivity index (χ4v) is 0.828. The summed E-state index contributed by atoms with van der Waals surface area (Å²) < 4.78 is 38.8. The maximum Gasteiger partial charge on any atom is 0.573 e. The molecule has 0 saturated heterocycles. The molecule has 15 heavy (non-hydrogen) atoms. The number of aromatic nitrogens is 1. The third kappa shape index (κ3) is 3.33. The fraction of sp³-hybridized carbons (Fsp3) is 0.143. The van der Waals surface area contributed by atoms with Gasteiger partial charge in [0.2, 0.25) is 0 Å². The predicted octanol–water partition coefficient (Wildman–Crippen LogP) is 1.26. The van der Waals surface area contributed by atoms with Crippen molar-refractivity contribution in [3.05, 3.63) is 17.8 Å². The number of carboxylic acids is 1. The zero-order valence-corrected chi connectivity index (χ0v) is 7.08. The summed E-state index contributed by atoms with van der Waals surface area (Å²) in [6, 6.07) is 1.41. The normalized spacial score (nSPS) is 11.1. The number of halogens is 3. The highest BCUT2D eigenvalue weighted by Crippen LogP contribution is 2.24. The van der Waals surface area contributed by atoms with E-state index in [4.69, 9.17) is 10.8 Å². The van der Waals surface area contributed by atoms with E-state index in [0.29, 0.717) is 6.07 Å². The van der Waals surface area contributed by atoms with Crippen molar-refractivity contribution in [3.63, 3.8) is 0 Å². The highest BCUT2D eigenvalue weighted by atomic mass is 19.4. The Kier molecular flexibility index (Phi) is 2.69. The summed E-state index contributed by atoms with van der Waals surface area (Å²) >= 11 is 0. The largest absolute Gasteiger partial charge is 0.573 e. The van der Waals surface area contributed by atoms with Gasteiger partial charge >= 0.3 is 12.3 Å². The third-order valence-electron chi connectivity index (χ3n) is 1.27. The molecule has 0 aliphatic rings. The van der Waals surface area contributed by atoms with Crippen LogP contribution >= 0.6 is 0 Å². The Hall–Kier alpha value is -1.99. The van der Waals surface area contributed by atoms with E-state index in [9.17, 15) is 18.0 Å². The van der Waals surface area contributed by atoms with Crippen molar-refractivity contribution in [3.8, 4) is 5.75 Å². The van der Waals surface area contributed by atoms with E-state index in [1.54, 1.807) is 0 Å². The summed E-state index contributed by atoms with van der Waals surface area (Å²) in [5.41, 5.74) is 4.48. The Morgan fingerprint density at radius 2 is 2.07 bits per heavy atom. The third-order valence-corrected chi connectivity index (χ3v) is 1.27. The van der Waals surface area contributed by atoms with Crippen molar-refractivity contribution >= 4 is 11.8 Å². The molecule has 0 aliphatic heterocycles. The Bertz CT molecular complexity index is 392. The van der Waals surface area contributed by atoms with E-state index < -0.39 is 23.8 Å². The minimum absolute atomic E-state index is 0.367. The number of aromatic carboxylic acids is 1. The van der Waals surface area contributed by atoms with Crippen molar-refractivity contribution in [2.75, 3.05) is 5.73 Å². The fourth-order valence-electron chi connectivity index (χ4n) is 0.828. The van der Waals surface area contributed by atoms with Crippen molar-refractivity contribution in [2.45, 2.75) is 6.36 Å². The number of rotatable bonds is 2. The molecule has 0 aliphatic carbocycles. The molecule has 8 heteroatoms. The van der Waals surface area contributed by atoms with E-state index in [0.717, 1.165) is 6.07 Å². The van der Waals surface area contributed by atoms with Crippen LogP contribution in [0.4, 0.5) is 19.0 Å². The molecule has 0 aromatic carbocycles. The van der Waals surface area contributed by atoms with Crippen molar-refractivity contribution in [1.29, 1.82) is 0 Å². The summed E-state index contributed by atoms with van der Waals surface area (Å²) in [6.45, 7) is 0. The molecule has 1 rings (SSSR count). The van der Waals surface area contributed by atoms with E-state index in [1.807, 2.05) is 0 Å². The van der Waals surface area contributed by atoms with Crippen LogP contribution in [0.15, 0.2) is 12.1 Å². The topological polar surface area (TPSA) is 85.4 Å². The first-order valence-corrected chi connectivity index (χ1v) is 3.54. The number of alkyl halides is 3. The lowest BCUT2D eigenvalue weighted by Gasteiger charge is -2.09. The number of pyridine rings is 1. The maximum atomic E-state index is 11.8. The highest BCUT2D eigenvalue weighted by Gasteiger charge is 2.31. The van der Waals surface area contributed by atoms with E-state index >= 15 is 0 Å². The lowest BCUT2D eigenvalue weighted by atomic mass is 10.3. The number of nitrogens with zero attached hydrogens (tertiary/aromatic N) is 1. The van der Waals surface area contributed by atoms with Crippen molar-refractivity contribution in [1.82, 2.24) is 4.98 Å². The zero-order valence-electron chi connectivity index (χ0n) is 7.08. The van der Waals surface area contributed by atoms with Gasteiger partial charge < -0.3 is 15.6 Å². The van der Waals surface area contributed by atoms with Gasteiger partial charge in [-0.1, -0.05) is 0 Å². The molecule has 1 aromatic heterocycles. The van der Waals surface area contributed by atoms with Gasteiger partial charge in [0.05, 0.1) is 0 Å². The average molecular weight is 222 g/mol.